The van der Waals surface area contributed by atoms with Crippen molar-refractivity contribution in [3.05, 3.63) is 47.5 Å². The normalized spacial score (nSPS) is 10.8. The fourth-order valence-electron chi connectivity index (χ4n) is 2.29. The molecule has 0 saturated heterocycles. The highest BCUT2D eigenvalue weighted by molar-refractivity contribution is 5.92. The third-order valence-corrected chi connectivity index (χ3v) is 3.60. The Morgan fingerprint density at radius 2 is 2.08 bits per heavy atom. The van der Waals surface area contributed by atoms with E-state index >= 15 is 0 Å². The van der Waals surface area contributed by atoms with Crippen LogP contribution in [-0.4, -0.2) is 47.1 Å². The molecular formula is C17H22FN5O2. The molecule has 0 fully saturated rings. The summed E-state index contributed by atoms with van der Waals surface area (Å²) >= 11 is 0. The summed E-state index contributed by atoms with van der Waals surface area (Å²) in [6.07, 6.45) is 3.07. The Balaban J connectivity index is 1.84. The number of carbonyl (C=O) groups excluding carboxylic acids is 2. The maximum Gasteiger partial charge on any atom is 0.241 e. The van der Waals surface area contributed by atoms with E-state index in [9.17, 15) is 14.0 Å². The summed E-state index contributed by atoms with van der Waals surface area (Å²) in [5.74, 6) is -0.639. The van der Waals surface area contributed by atoms with Crippen molar-refractivity contribution in [1.29, 1.82) is 0 Å². The minimum Gasteiger partial charge on any atom is -0.358 e. The summed E-state index contributed by atoms with van der Waals surface area (Å²) in [6.45, 7) is 2.41. The highest BCUT2D eigenvalue weighted by Crippen LogP contribution is 2.11. The quantitative estimate of drug-likeness (QED) is 0.787. The third kappa shape index (κ3) is 5.68. The minimum atomic E-state index is -0.251. The number of anilines is 1. The van der Waals surface area contributed by atoms with Gasteiger partial charge in [0.25, 0.3) is 0 Å². The molecule has 7 nitrogen and oxygen atoms in total. The lowest BCUT2D eigenvalue weighted by Gasteiger charge is -2.16. The number of benzene rings is 1. The first-order chi connectivity index (χ1) is 11.9. The van der Waals surface area contributed by atoms with E-state index in [-0.39, 0.29) is 30.7 Å². The predicted molar refractivity (Wildman–Crippen MR) is 92.4 cm³/mol. The van der Waals surface area contributed by atoms with Crippen LogP contribution < -0.4 is 10.6 Å². The molecule has 134 valence electrons. The molecule has 0 radical (unpaired) electrons. The number of nitrogens with one attached hydrogen (secondary N) is 2. The standard InChI is InChI=1S/C17H22FN5O2/c1-12-4-5-13(6-15(12)18)8-22(3)10-17(25)21-14-7-20-23(9-14)11-16(24)19-2/h4-7,9H,8,10-11H2,1-3H3,(H,19,24)(H,21,25). The number of hydrogen-bond donors (Lipinski definition) is 2. The molecule has 0 aliphatic rings. The number of carbonyl (C=O) groups is 2. The zero-order valence-electron chi connectivity index (χ0n) is 14.5. The van der Waals surface area contributed by atoms with Gasteiger partial charge in [-0.1, -0.05) is 12.1 Å². The maximum absolute atomic E-state index is 13.6. The van der Waals surface area contributed by atoms with Crippen LogP contribution in [0.4, 0.5) is 10.1 Å². The smallest absolute Gasteiger partial charge is 0.241 e. The molecule has 2 aromatic rings. The van der Waals surface area contributed by atoms with Gasteiger partial charge in [0.15, 0.2) is 0 Å². The number of halogens is 1. The highest BCUT2D eigenvalue weighted by Gasteiger charge is 2.10. The fourth-order valence-corrected chi connectivity index (χ4v) is 2.29. The molecule has 0 aliphatic heterocycles. The lowest BCUT2D eigenvalue weighted by atomic mass is 10.1. The zero-order chi connectivity index (χ0) is 18.4. The lowest BCUT2D eigenvalue weighted by molar-refractivity contribution is -0.121. The number of amides is 2. The molecule has 0 aliphatic carbocycles. The van der Waals surface area contributed by atoms with Crippen LogP contribution in [0.3, 0.4) is 0 Å². The zero-order valence-corrected chi connectivity index (χ0v) is 14.5. The van der Waals surface area contributed by atoms with Crippen molar-refractivity contribution in [2.45, 2.75) is 20.0 Å². The van der Waals surface area contributed by atoms with E-state index < -0.39 is 0 Å². The molecular weight excluding hydrogens is 325 g/mol. The second-order valence-electron chi connectivity index (χ2n) is 5.90. The Labute approximate surface area is 145 Å². The van der Waals surface area contributed by atoms with Crippen molar-refractivity contribution in [2.24, 2.45) is 0 Å². The Kier molecular flexibility index (Phi) is 6.24. The van der Waals surface area contributed by atoms with E-state index in [1.54, 1.807) is 38.2 Å². The third-order valence-electron chi connectivity index (χ3n) is 3.60. The van der Waals surface area contributed by atoms with Gasteiger partial charge in [-0.25, -0.2) is 4.39 Å². The first-order valence-corrected chi connectivity index (χ1v) is 7.84. The lowest BCUT2D eigenvalue weighted by Crippen LogP contribution is -2.29. The van der Waals surface area contributed by atoms with Gasteiger partial charge < -0.3 is 10.6 Å². The van der Waals surface area contributed by atoms with Crippen LogP contribution in [0.25, 0.3) is 0 Å². The van der Waals surface area contributed by atoms with Crippen molar-refractivity contribution < 1.29 is 14.0 Å². The summed E-state index contributed by atoms with van der Waals surface area (Å²) in [5, 5.41) is 9.23. The Morgan fingerprint density at radius 3 is 2.76 bits per heavy atom. The van der Waals surface area contributed by atoms with Crippen LogP contribution >= 0.6 is 0 Å². The molecule has 1 heterocycles. The molecule has 0 saturated carbocycles. The molecule has 0 atom stereocenters. The maximum atomic E-state index is 13.6. The Hall–Kier alpha value is -2.74. The molecule has 8 heteroatoms. The van der Waals surface area contributed by atoms with Crippen LogP contribution in [0.5, 0.6) is 0 Å². The summed E-state index contributed by atoms with van der Waals surface area (Å²) < 4.78 is 15.0. The number of rotatable bonds is 7. The van der Waals surface area contributed by atoms with Crippen molar-refractivity contribution in [2.75, 3.05) is 26.0 Å². The first-order valence-electron chi connectivity index (χ1n) is 7.84. The number of aryl methyl sites for hydroxylation is 1. The molecule has 25 heavy (non-hydrogen) atoms. The van der Waals surface area contributed by atoms with Gasteiger partial charge in [0.05, 0.1) is 18.4 Å². The van der Waals surface area contributed by atoms with Gasteiger partial charge in [0.2, 0.25) is 11.8 Å². The molecule has 1 aromatic carbocycles. The average Bonchev–Trinajstić information content (AvgIpc) is 2.97. The minimum absolute atomic E-state index is 0.0886. The Bertz CT molecular complexity index is 759. The second-order valence-corrected chi connectivity index (χ2v) is 5.90. The van der Waals surface area contributed by atoms with Crippen molar-refractivity contribution >= 4 is 17.5 Å². The van der Waals surface area contributed by atoms with Gasteiger partial charge in [-0.15, -0.1) is 0 Å². The number of nitrogens with zero attached hydrogens (tertiary/aromatic N) is 3. The van der Waals surface area contributed by atoms with Gasteiger partial charge in [-0.2, -0.15) is 5.10 Å². The van der Waals surface area contributed by atoms with Gasteiger partial charge >= 0.3 is 0 Å². The van der Waals surface area contributed by atoms with Gasteiger partial charge in [-0.3, -0.25) is 19.2 Å². The summed E-state index contributed by atoms with van der Waals surface area (Å²) in [4.78, 5) is 25.1. The van der Waals surface area contributed by atoms with E-state index in [1.165, 1.54) is 16.9 Å². The number of hydrogen-bond acceptors (Lipinski definition) is 4. The average molecular weight is 347 g/mol. The molecule has 2 N–H and O–H groups in total. The fraction of sp³-hybridized carbons (Fsp3) is 0.353. The topological polar surface area (TPSA) is 79.3 Å². The van der Waals surface area contributed by atoms with Gasteiger partial charge in [0.1, 0.15) is 12.4 Å². The first kappa shape index (κ1) is 18.6. The highest BCUT2D eigenvalue weighted by atomic mass is 19.1. The molecule has 2 rings (SSSR count). The van der Waals surface area contributed by atoms with Crippen molar-refractivity contribution in [1.82, 2.24) is 20.0 Å². The number of likely N-dealkylation sites (N-methyl/N-ethyl adjacent to an activating group) is 2. The summed E-state index contributed by atoms with van der Waals surface area (Å²) in [5.41, 5.74) is 1.92. The van der Waals surface area contributed by atoms with E-state index in [2.05, 4.69) is 15.7 Å². The van der Waals surface area contributed by atoms with E-state index in [0.717, 1.165) is 5.56 Å². The van der Waals surface area contributed by atoms with E-state index in [4.69, 9.17) is 0 Å². The van der Waals surface area contributed by atoms with Gasteiger partial charge in [-0.05, 0) is 31.2 Å². The van der Waals surface area contributed by atoms with Crippen LogP contribution in [0.1, 0.15) is 11.1 Å². The van der Waals surface area contributed by atoms with Crippen LogP contribution in [0, 0.1) is 12.7 Å². The Morgan fingerprint density at radius 1 is 1.32 bits per heavy atom. The van der Waals surface area contributed by atoms with Crippen LogP contribution in [-0.2, 0) is 22.7 Å². The van der Waals surface area contributed by atoms with Crippen molar-refractivity contribution in [3.63, 3.8) is 0 Å². The van der Waals surface area contributed by atoms with E-state index in [1.807, 2.05) is 6.07 Å². The second kappa shape index (κ2) is 8.39. The van der Waals surface area contributed by atoms with E-state index in [0.29, 0.717) is 17.8 Å². The number of aromatic nitrogens is 2. The summed E-state index contributed by atoms with van der Waals surface area (Å²) in [7, 11) is 3.33. The SMILES string of the molecule is CNC(=O)Cn1cc(NC(=O)CN(C)Cc2ccc(C)c(F)c2)cn1. The molecule has 2 amide bonds. The summed E-state index contributed by atoms with van der Waals surface area (Å²) in [6, 6.07) is 5.04. The monoisotopic (exact) mass is 347 g/mol. The molecule has 0 spiro atoms. The van der Waals surface area contributed by atoms with Crippen LogP contribution in [0.2, 0.25) is 0 Å². The van der Waals surface area contributed by atoms with Crippen molar-refractivity contribution in [3.8, 4) is 0 Å². The molecule has 1 aromatic heterocycles. The molecule has 0 bridgehead atoms. The molecule has 0 unspecified atom stereocenters. The van der Waals surface area contributed by atoms with Crippen LogP contribution in [0.15, 0.2) is 30.6 Å². The van der Waals surface area contributed by atoms with Gasteiger partial charge in [0, 0.05) is 19.8 Å². The largest absolute Gasteiger partial charge is 0.358 e. The predicted octanol–water partition coefficient (Wildman–Crippen LogP) is 1.15.